The van der Waals surface area contributed by atoms with Crippen LogP contribution in [0.1, 0.15) is 33.6 Å². The minimum absolute atomic E-state index is 0.273. The van der Waals surface area contributed by atoms with Crippen LogP contribution in [0.2, 0.25) is 0 Å². The van der Waals surface area contributed by atoms with Crippen LogP contribution < -0.4 is 0 Å². The van der Waals surface area contributed by atoms with E-state index in [1.807, 2.05) is 97.6 Å². The third-order valence-electron chi connectivity index (χ3n) is 7.91. The van der Waals surface area contributed by atoms with E-state index in [1.54, 1.807) is 12.4 Å². The maximum atomic E-state index is 12.0. The summed E-state index contributed by atoms with van der Waals surface area (Å²) in [6.07, 6.45) is 10.9. The molecule has 0 unspecified atom stereocenters. The van der Waals surface area contributed by atoms with Crippen LogP contribution in [0.4, 0.5) is 5.69 Å². The molecule has 48 heavy (non-hydrogen) atoms. The van der Waals surface area contributed by atoms with Gasteiger partial charge in [0, 0.05) is 87.6 Å². The molecule has 9 heteroatoms. The van der Waals surface area contributed by atoms with E-state index in [9.17, 15) is 5.11 Å². The molecule has 0 saturated carbocycles. The fourth-order valence-corrected chi connectivity index (χ4v) is 5.81. The first-order valence-corrected chi connectivity index (χ1v) is 16.1. The summed E-state index contributed by atoms with van der Waals surface area (Å²) >= 11 is 4.81. The van der Waals surface area contributed by atoms with Gasteiger partial charge in [0.05, 0.1) is 22.2 Å². The van der Waals surface area contributed by atoms with Gasteiger partial charge in [-0.1, -0.05) is 36.4 Å². The minimum atomic E-state index is 0.273. The number of aromatic nitrogens is 4. The summed E-state index contributed by atoms with van der Waals surface area (Å²) < 4.78 is 0. The largest absolute Gasteiger partial charge is 0.507 e. The second kappa shape index (κ2) is 16.4. The predicted octanol–water partition coefficient (Wildman–Crippen LogP) is 7.78. The average molecular weight is 650 g/mol. The maximum Gasteiger partial charge on any atom is 0.124 e. The molecule has 4 heterocycles. The minimum Gasteiger partial charge on any atom is -0.507 e. The molecule has 6 rings (SSSR count). The second-order valence-corrected chi connectivity index (χ2v) is 11.7. The number of isothiocyanates is 1. The van der Waals surface area contributed by atoms with Gasteiger partial charge in [-0.3, -0.25) is 29.7 Å². The molecule has 0 aliphatic rings. The summed E-state index contributed by atoms with van der Waals surface area (Å²) in [5.41, 5.74) is 8.44. The summed E-state index contributed by atoms with van der Waals surface area (Å²) in [7, 11) is 0. The van der Waals surface area contributed by atoms with Gasteiger partial charge in [-0.05, 0) is 95.1 Å². The number of aromatic hydroxyl groups is 1. The second-order valence-electron chi connectivity index (χ2n) is 11.5. The summed E-state index contributed by atoms with van der Waals surface area (Å²) in [6.45, 7) is 3.47. The summed E-state index contributed by atoms with van der Waals surface area (Å²) in [5.74, 6) is 0.273. The lowest BCUT2D eigenvalue weighted by Crippen LogP contribution is -2.24. The quantitative estimate of drug-likeness (QED) is 0.0946. The van der Waals surface area contributed by atoms with Crippen LogP contribution in [-0.2, 0) is 39.3 Å². The van der Waals surface area contributed by atoms with Crippen LogP contribution in [-0.4, -0.2) is 40.0 Å². The molecule has 0 bridgehead atoms. The molecule has 0 atom stereocenters. The van der Waals surface area contributed by atoms with Crippen LogP contribution in [0.15, 0.2) is 139 Å². The van der Waals surface area contributed by atoms with E-state index in [4.69, 9.17) is 12.2 Å². The monoisotopic (exact) mass is 649 g/mol. The van der Waals surface area contributed by atoms with Crippen molar-refractivity contribution in [3.63, 3.8) is 0 Å². The molecule has 2 aromatic carbocycles. The van der Waals surface area contributed by atoms with E-state index in [1.165, 1.54) is 0 Å². The molecule has 6 aromatic rings. The number of rotatable bonds is 14. The predicted molar refractivity (Wildman–Crippen MR) is 191 cm³/mol. The van der Waals surface area contributed by atoms with Gasteiger partial charge in [0.25, 0.3) is 0 Å². The molecule has 0 saturated heterocycles. The van der Waals surface area contributed by atoms with Crippen molar-refractivity contribution in [3.05, 3.63) is 168 Å². The van der Waals surface area contributed by atoms with Gasteiger partial charge in [0.1, 0.15) is 5.75 Å². The highest BCUT2D eigenvalue weighted by Gasteiger charge is 2.19. The number of pyridine rings is 4. The van der Waals surface area contributed by atoms with E-state index >= 15 is 0 Å². The standard InChI is InChI=1S/C39H35N7OS/c47-39-34(25-45(23-30-7-5-15-40-21-30)27-37-9-1-3-17-42-37)19-33(32-11-13-36(14-12-32)44-29-48)20-35(39)26-46(24-31-8-6-16-41-22-31)28-38-10-2-4-18-43-38/h1-22,47H,23-28H2. The lowest BCUT2D eigenvalue weighted by Gasteiger charge is -2.26. The molecule has 0 spiro atoms. The first-order valence-electron chi connectivity index (χ1n) is 15.7. The van der Waals surface area contributed by atoms with Gasteiger partial charge in [-0.2, -0.15) is 4.99 Å². The van der Waals surface area contributed by atoms with Crippen molar-refractivity contribution < 1.29 is 5.11 Å². The molecule has 4 aromatic heterocycles. The Bertz CT molecular complexity index is 1750. The highest BCUT2D eigenvalue weighted by molar-refractivity contribution is 7.78. The number of nitrogens with zero attached hydrogens (tertiary/aromatic N) is 7. The smallest absolute Gasteiger partial charge is 0.124 e. The summed E-state index contributed by atoms with van der Waals surface area (Å²) in [4.78, 5) is 26.5. The summed E-state index contributed by atoms with van der Waals surface area (Å²) in [6, 6.07) is 32.0. The van der Waals surface area contributed by atoms with E-state index in [2.05, 4.69) is 64.2 Å². The van der Waals surface area contributed by atoms with Crippen molar-refractivity contribution >= 4 is 23.1 Å². The highest BCUT2D eigenvalue weighted by Crippen LogP contribution is 2.34. The van der Waals surface area contributed by atoms with Crippen molar-refractivity contribution in [1.29, 1.82) is 0 Å². The Morgan fingerprint density at radius 3 is 1.56 bits per heavy atom. The average Bonchev–Trinajstić information content (AvgIpc) is 3.12. The SMILES string of the molecule is Oc1c(CN(Cc2cccnc2)Cc2ccccn2)cc(-c2ccc(N=C=S)cc2)cc1CN(Cc1cccnc1)Cc1ccccn1. The first-order chi connectivity index (χ1) is 23.6. The van der Waals surface area contributed by atoms with Crippen LogP contribution in [0.25, 0.3) is 11.1 Å². The normalized spacial score (nSPS) is 11.0. The van der Waals surface area contributed by atoms with Gasteiger partial charge in [-0.25, -0.2) is 0 Å². The first kappa shape index (κ1) is 32.5. The Kier molecular flexibility index (Phi) is 11.1. The lowest BCUT2D eigenvalue weighted by molar-refractivity contribution is 0.234. The number of hydrogen-bond donors (Lipinski definition) is 1. The van der Waals surface area contributed by atoms with E-state index in [0.717, 1.165) is 50.5 Å². The fraction of sp³-hybridized carbons (Fsp3) is 0.154. The van der Waals surface area contributed by atoms with Crippen LogP contribution in [0, 0.1) is 0 Å². The van der Waals surface area contributed by atoms with E-state index < -0.39 is 0 Å². The molecular formula is C39H35N7OS. The highest BCUT2D eigenvalue weighted by atomic mass is 32.1. The number of phenolic OH excluding ortho intramolecular Hbond substituents is 1. The number of aliphatic imine (C=N–C) groups is 1. The maximum absolute atomic E-state index is 12.0. The fourth-order valence-electron chi connectivity index (χ4n) is 5.71. The summed E-state index contributed by atoms with van der Waals surface area (Å²) in [5, 5.41) is 14.4. The number of thiocarbonyl (C=S) groups is 1. The number of benzene rings is 2. The van der Waals surface area contributed by atoms with Crippen LogP contribution in [0.5, 0.6) is 5.75 Å². The van der Waals surface area contributed by atoms with Gasteiger partial charge in [0.2, 0.25) is 0 Å². The zero-order valence-corrected chi connectivity index (χ0v) is 27.2. The van der Waals surface area contributed by atoms with Crippen molar-refractivity contribution in [2.75, 3.05) is 0 Å². The van der Waals surface area contributed by atoms with Gasteiger partial charge in [-0.15, -0.1) is 0 Å². The zero-order valence-electron chi connectivity index (χ0n) is 26.4. The van der Waals surface area contributed by atoms with Crippen molar-refractivity contribution in [2.45, 2.75) is 39.3 Å². The molecule has 1 N–H and O–H groups in total. The Balaban J connectivity index is 1.39. The Labute approximate surface area is 286 Å². The van der Waals surface area contributed by atoms with Gasteiger partial charge >= 0.3 is 0 Å². The number of hydrogen-bond acceptors (Lipinski definition) is 9. The third-order valence-corrected chi connectivity index (χ3v) is 8.00. The molecular weight excluding hydrogens is 615 g/mol. The Hall–Kier alpha value is -5.44. The third kappa shape index (κ3) is 9.09. The molecule has 0 amide bonds. The number of phenols is 1. The molecule has 0 fully saturated rings. The topological polar surface area (TPSA) is 90.6 Å². The molecule has 0 radical (unpaired) electrons. The van der Waals surface area contributed by atoms with Crippen LogP contribution in [0.3, 0.4) is 0 Å². The lowest BCUT2D eigenvalue weighted by atomic mass is 9.97. The van der Waals surface area contributed by atoms with Gasteiger partial charge in [0.15, 0.2) is 0 Å². The zero-order chi connectivity index (χ0) is 33.0. The van der Waals surface area contributed by atoms with Crippen molar-refractivity contribution in [2.24, 2.45) is 4.99 Å². The van der Waals surface area contributed by atoms with Crippen LogP contribution >= 0.6 is 12.2 Å². The Morgan fingerprint density at radius 1 is 0.583 bits per heavy atom. The molecule has 8 nitrogen and oxygen atoms in total. The van der Waals surface area contributed by atoms with Crippen molar-refractivity contribution in [3.8, 4) is 16.9 Å². The van der Waals surface area contributed by atoms with E-state index in [0.29, 0.717) is 39.3 Å². The molecule has 0 aliphatic carbocycles. The Morgan fingerprint density at radius 2 is 1.12 bits per heavy atom. The van der Waals surface area contributed by atoms with Gasteiger partial charge < -0.3 is 5.11 Å². The molecule has 0 aliphatic heterocycles. The molecule has 238 valence electrons. The van der Waals surface area contributed by atoms with E-state index in [-0.39, 0.29) is 5.75 Å². The van der Waals surface area contributed by atoms with Crippen molar-refractivity contribution in [1.82, 2.24) is 29.7 Å².